The summed E-state index contributed by atoms with van der Waals surface area (Å²) in [5.74, 6) is 1.31. The van der Waals surface area contributed by atoms with E-state index < -0.39 is 0 Å². The molecular formula is C20H16N2O3S2. The number of thiophene rings is 1. The van der Waals surface area contributed by atoms with E-state index in [0.717, 1.165) is 20.8 Å². The Balaban J connectivity index is 1.67. The van der Waals surface area contributed by atoms with Crippen LogP contribution in [0.4, 0.5) is 5.13 Å². The Bertz CT molecular complexity index is 1070. The molecule has 27 heavy (non-hydrogen) atoms. The molecule has 0 aliphatic heterocycles. The summed E-state index contributed by atoms with van der Waals surface area (Å²) in [6, 6.07) is 13.3. The van der Waals surface area contributed by atoms with E-state index in [4.69, 9.17) is 9.15 Å². The second kappa shape index (κ2) is 7.77. The van der Waals surface area contributed by atoms with Crippen LogP contribution in [0.15, 0.2) is 64.6 Å². The number of fused-ring (bicyclic) bond motifs is 1. The van der Waals surface area contributed by atoms with Crippen molar-refractivity contribution in [2.75, 3.05) is 12.0 Å². The van der Waals surface area contributed by atoms with Gasteiger partial charge in [0.15, 0.2) is 5.13 Å². The summed E-state index contributed by atoms with van der Waals surface area (Å²) >= 11 is 3.03. The first-order chi connectivity index (χ1) is 13.2. The van der Waals surface area contributed by atoms with E-state index in [2.05, 4.69) is 4.98 Å². The summed E-state index contributed by atoms with van der Waals surface area (Å²) in [6.45, 7) is 0.317. The van der Waals surface area contributed by atoms with Crippen molar-refractivity contribution in [1.82, 2.24) is 4.98 Å². The molecule has 4 aromatic rings. The second-order valence-corrected chi connectivity index (χ2v) is 7.67. The zero-order valence-electron chi connectivity index (χ0n) is 14.5. The van der Waals surface area contributed by atoms with Gasteiger partial charge in [0, 0.05) is 11.0 Å². The molecule has 7 heteroatoms. The third kappa shape index (κ3) is 3.94. The number of thiazole rings is 1. The summed E-state index contributed by atoms with van der Waals surface area (Å²) in [5.41, 5.74) is 0.829. The van der Waals surface area contributed by atoms with Crippen molar-refractivity contribution in [3.63, 3.8) is 0 Å². The van der Waals surface area contributed by atoms with Crippen LogP contribution in [0.2, 0.25) is 0 Å². The first-order valence-electron chi connectivity index (χ1n) is 8.23. The smallest absolute Gasteiger partial charge is 0.253 e. The number of benzene rings is 1. The molecule has 0 radical (unpaired) electrons. The van der Waals surface area contributed by atoms with Crippen molar-refractivity contribution in [3.8, 4) is 5.75 Å². The van der Waals surface area contributed by atoms with Crippen molar-refractivity contribution in [1.29, 1.82) is 0 Å². The van der Waals surface area contributed by atoms with Gasteiger partial charge >= 0.3 is 0 Å². The van der Waals surface area contributed by atoms with Gasteiger partial charge in [-0.25, -0.2) is 4.98 Å². The Morgan fingerprint density at radius 3 is 2.96 bits per heavy atom. The largest absolute Gasteiger partial charge is 0.497 e. The molecule has 0 fully saturated rings. The number of furan rings is 1. The van der Waals surface area contributed by atoms with Gasteiger partial charge in [0.25, 0.3) is 5.91 Å². The number of ether oxygens (including phenoxy) is 1. The Morgan fingerprint density at radius 2 is 2.22 bits per heavy atom. The summed E-state index contributed by atoms with van der Waals surface area (Å²) in [4.78, 5) is 20.2. The molecule has 0 saturated carbocycles. The van der Waals surface area contributed by atoms with Crippen molar-refractivity contribution >= 4 is 50.0 Å². The quantitative estimate of drug-likeness (QED) is 0.420. The average molecular weight is 396 g/mol. The maximum absolute atomic E-state index is 12.9. The molecule has 0 bridgehead atoms. The highest BCUT2D eigenvalue weighted by molar-refractivity contribution is 7.22. The number of rotatable bonds is 6. The van der Waals surface area contributed by atoms with E-state index in [9.17, 15) is 4.79 Å². The predicted molar refractivity (Wildman–Crippen MR) is 109 cm³/mol. The van der Waals surface area contributed by atoms with Gasteiger partial charge in [-0.05, 0) is 47.9 Å². The van der Waals surface area contributed by atoms with Gasteiger partial charge in [-0.1, -0.05) is 17.4 Å². The number of hydrogen-bond donors (Lipinski definition) is 0. The van der Waals surface area contributed by atoms with Gasteiger partial charge in [-0.3, -0.25) is 9.69 Å². The molecule has 1 amide bonds. The highest BCUT2D eigenvalue weighted by Crippen LogP contribution is 2.32. The highest BCUT2D eigenvalue weighted by Gasteiger charge is 2.19. The number of carbonyl (C=O) groups excluding carboxylic acids is 1. The van der Waals surface area contributed by atoms with Crippen LogP contribution in [0.3, 0.4) is 0 Å². The Hall–Kier alpha value is -2.90. The molecule has 0 spiro atoms. The maximum atomic E-state index is 12.9. The summed E-state index contributed by atoms with van der Waals surface area (Å²) in [7, 11) is 1.63. The van der Waals surface area contributed by atoms with Crippen LogP contribution in [-0.4, -0.2) is 18.0 Å². The van der Waals surface area contributed by atoms with Gasteiger partial charge in [-0.15, -0.1) is 11.3 Å². The zero-order valence-corrected chi connectivity index (χ0v) is 16.1. The fraction of sp³-hybridized carbons (Fsp3) is 0.100. The lowest BCUT2D eigenvalue weighted by molar-refractivity contribution is -0.114. The molecule has 3 aromatic heterocycles. The molecule has 0 aliphatic rings. The molecule has 5 nitrogen and oxygen atoms in total. The lowest BCUT2D eigenvalue weighted by Gasteiger charge is -2.16. The van der Waals surface area contributed by atoms with Gasteiger partial charge in [-0.2, -0.15) is 0 Å². The Kier molecular flexibility index (Phi) is 5.04. The molecule has 1 aromatic carbocycles. The number of anilines is 1. The van der Waals surface area contributed by atoms with Crippen LogP contribution >= 0.6 is 22.7 Å². The van der Waals surface area contributed by atoms with Crippen LogP contribution in [0, 0.1) is 0 Å². The number of nitrogens with zero attached hydrogens (tertiary/aromatic N) is 2. The van der Waals surface area contributed by atoms with E-state index in [1.54, 1.807) is 35.7 Å². The van der Waals surface area contributed by atoms with E-state index in [1.165, 1.54) is 11.3 Å². The van der Waals surface area contributed by atoms with Gasteiger partial charge in [0.2, 0.25) is 0 Å². The summed E-state index contributed by atoms with van der Waals surface area (Å²) in [5, 5.41) is 2.60. The van der Waals surface area contributed by atoms with Crippen LogP contribution in [0.1, 0.15) is 10.6 Å². The van der Waals surface area contributed by atoms with Gasteiger partial charge < -0.3 is 9.15 Å². The summed E-state index contributed by atoms with van der Waals surface area (Å²) in [6.07, 6.45) is 4.99. The normalized spacial score (nSPS) is 11.3. The molecule has 0 aliphatic carbocycles. The standard InChI is InChI=1S/C20H16N2O3S2/c1-24-14-6-8-17-18(12-14)27-20(21-17)22(13-15-4-2-10-25-15)19(23)9-7-16-5-3-11-26-16/h2-12H,13H2,1H3. The minimum Gasteiger partial charge on any atom is -0.497 e. The molecule has 0 saturated heterocycles. The number of hydrogen-bond acceptors (Lipinski definition) is 6. The third-order valence-corrected chi connectivity index (χ3v) is 5.79. The second-order valence-electron chi connectivity index (χ2n) is 5.68. The predicted octanol–water partition coefficient (Wildman–Crippen LogP) is 5.21. The van der Waals surface area contributed by atoms with Gasteiger partial charge in [0.05, 0.1) is 30.1 Å². The molecule has 136 valence electrons. The monoisotopic (exact) mass is 396 g/mol. The fourth-order valence-electron chi connectivity index (χ4n) is 2.56. The molecular weight excluding hydrogens is 380 g/mol. The van der Waals surface area contributed by atoms with Crippen molar-refractivity contribution in [2.45, 2.75) is 6.54 Å². The topological polar surface area (TPSA) is 55.6 Å². The van der Waals surface area contributed by atoms with Crippen molar-refractivity contribution in [2.24, 2.45) is 0 Å². The van der Waals surface area contributed by atoms with Crippen LogP contribution in [0.25, 0.3) is 16.3 Å². The summed E-state index contributed by atoms with van der Waals surface area (Å²) < 4.78 is 11.7. The van der Waals surface area contributed by atoms with E-state index >= 15 is 0 Å². The maximum Gasteiger partial charge on any atom is 0.253 e. The first-order valence-corrected chi connectivity index (χ1v) is 9.92. The van der Waals surface area contributed by atoms with Crippen LogP contribution < -0.4 is 9.64 Å². The van der Waals surface area contributed by atoms with Gasteiger partial charge in [0.1, 0.15) is 11.5 Å². The highest BCUT2D eigenvalue weighted by atomic mass is 32.1. The third-order valence-electron chi connectivity index (χ3n) is 3.91. The number of amides is 1. The van der Waals surface area contributed by atoms with Crippen LogP contribution in [-0.2, 0) is 11.3 Å². The molecule has 0 unspecified atom stereocenters. The molecule has 3 heterocycles. The van der Waals surface area contributed by atoms with Crippen molar-refractivity contribution < 1.29 is 13.9 Å². The molecule has 0 N–H and O–H groups in total. The number of methoxy groups -OCH3 is 1. The first kappa shape index (κ1) is 17.5. The zero-order chi connectivity index (χ0) is 18.6. The molecule has 0 atom stereocenters. The van der Waals surface area contributed by atoms with Crippen molar-refractivity contribution in [3.05, 3.63) is 70.8 Å². The lowest BCUT2D eigenvalue weighted by atomic mass is 10.3. The average Bonchev–Trinajstić information content (AvgIpc) is 3.45. The Labute approximate surface area is 164 Å². The molecule has 4 rings (SSSR count). The van der Waals surface area contributed by atoms with Crippen LogP contribution in [0.5, 0.6) is 5.75 Å². The minimum absolute atomic E-state index is 0.147. The fourth-order valence-corrected chi connectivity index (χ4v) is 4.18. The SMILES string of the molecule is COc1ccc2nc(N(Cc3ccco3)C(=O)C=Cc3cccs3)sc2c1. The number of aromatic nitrogens is 1. The van der Waals surface area contributed by atoms with E-state index in [0.29, 0.717) is 17.4 Å². The van der Waals surface area contributed by atoms with E-state index in [1.807, 2.05) is 53.9 Å². The minimum atomic E-state index is -0.147. The lowest BCUT2D eigenvalue weighted by Crippen LogP contribution is -2.28. The van der Waals surface area contributed by atoms with E-state index in [-0.39, 0.29) is 5.91 Å². The number of carbonyl (C=O) groups is 1. The Morgan fingerprint density at radius 1 is 1.30 bits per heavy atom.